The summed E-state index contributed by atoms with van der Waals surface area (Å²) in [5.41, 5.74) is 1.52. The van der Waals surface area contributed by atoms with Gasteiger partial charge >= 0.3 is 0 Å². The first-order valence-corrected chi connectivity index (χ1v) is 11.6. The molecule has 156 valence electrons. The molecule has 9 heteroatoms. The van der Waals surface area contributed by atoms with Gasteiger partial charge in [0.05, 0.1) is 41.8 Å². The number of carbonyl (C=O) groups excluding carboxylic acids is 1. The van der Waals surface area contributed by atoms with Gasteiger partial charge in [0.25, 0.3) is 5.91 Å². The molecular formula is C20H24Cl2N3O3S+. The number of rotatable bonds is 5. The fourth-order valence-corrected chi connectivity index (χ4v) is 5.22. The highest BCUT2D eigenvalue weighted by molar-refractivity contribution is 7.89. The molecule has 0 aliphatic carbocycles. The SMILES string of the molecule is Cc1ccc(S(=O)(=O)N2CC[NH+]([C@H](C)C(=O)Nc3ccc(Cl)cc3Cl)CC2)cc1. The molecule has 2 N–H and O–H groups in total. The molecule has 3 rings (SSSR count). The third kappa shape index (κ3) is 5.10. The number of hydrogen-bond donors (Lipinski definition) is 2. The summed E-state index contributed by atoms with van der Waals surface area (Å²) in [5.74, 6) is -0.168. The Hall–Kier alpha value is -1.64. The van der Waals surface area contributed by atoms with Gasteiger partial charge in [-0.05, 0) is 44.2 Å². The van der Waals surface area contributed by atoms with E-state index in [4.69, 9.17) is 23.2 Å². The van der Waals surface area contributed by atoms with E-state index in [0.717, 1.165) is 10.5 Å². The minimum atomic E-state index is -3.52. The summed E-state index contributed by atoms with van der Waals surface area (Å²) in [7, 11) is -3.52. The van der Waals surface area contributed by atoms with Gasteiger partial charge < -0.3 is 10.2 Å². The van der Waals surface area contributed by atoms with Crippen LogP contribution in [0.4, 0.5) is 5.69 Å². The zero-order valence-corrected chi connectivity index (χ0v) is 18.6. The Balaban J connectivity index is 1.60. The van der Waals surface area contributed by atoms with Crippen LogP contribution in [0.1, 0.15) is 12.5 Å². The number of quaternary nitrogens is 1. The van der Waals surface area contributed by atoms with Crippen molar-refractivity contribution in [1.82, 2.24) is 4.31 Å². The number of aryl methyl sites for hydroxylation is 1. The number of nitrogens with one attached hydrogen (secondary N) is 2. The smallest absolute Gasteiger partial charge is 0.282 e. The number of piperazine rings is 1. The molecule has 0 saturated carbocycles. The van der Waals surface area contributed by atoms with E-state index >= 15 is 0 Å². The Kier molecular flexibility index (Phi) is 6.86. The minimum Gasteiger partial charge on any atom is -0.323 e. The molecule has 2 aromatic carbocycles. The quantitative estimate of drug-likeness (QED) is 0.724. The van der Waals surface area contributed by atoms with Crippen molar-refractivity contribution in [1.29, 1.82) is 0 Å². The second kappa shape index (κ2) is 9.02. The van der Waals surface area contributed by atoms with Crippen molar-refractivity contribution in [2.24, 2.45) is 0 Å². The average Bonchev–Trinajstić information content (AvgIpc) is 2.70. The highest BCUT2D eigenvalue weighted by Gasteiger charge is 2.34. The Labute approximate surface area is 181 Å². The number of nitrogens with zero attached hydrogens (tertiary/aromatic N) is 1. The van der Waals surface area contributed by atoms with E-state index < -0.39 is 10.0 Å². The number of benzene rings is 2. The van der Waals surface area contributed by atoms with Gasteiger partial charge in [-0.1, -0.05) is 40.9 Å². The molecule has 0 aromatic heterocycles. The van der Waals surface area contributed by atoms with Crippen LogP contribution in [0.25, 0.3) is 0 Å². The van der Waals surface area contributed by atoms with E-state index in [-0.39, 0.29) is 11.9 Å². The van der Waals surface area contributed by atoms with Crippen molar-refractivity contribution in [2.45, 2.75) is 24.8 Å². The van der Waals surface area contributed by atoms with Crippen LogP contribution in [0.2, 0.25) is 10.0 Å². The summed E-state index contributed by atoms with van der Waals surface area (Å²) in [5, 5.41) is 3.70. The fourth-order valence-electron chi connectivity index (χ4n) is 3.32. The summed E-state index contributed by atoms with van der Waals surface area (Å²) in [6, 6.07) is 11.4. The summed E-state index contributed by atoms with van der Waals surface area (Å²) >= 11 is 12.0. The molecular weight excluding hydrogens is 433 g/mol. The predicted molar refractivity (Wildman–Crippen MR) is 115 cm³/mol. The molecule has 29 heavy (non-hydrogen) atoms. The maximum atomic E-state index is 12.8. The molecule has 2 aromatic rings. The molecule has 0 radical (unpaired) electrons. The molecule has 1 aliphatic rings. The van der Waals surface area contributed by atoms with Crippen molar-refractivity contribution in [3.63, 3.8) is 0 Å². The van der Waals surface area contributed by atoms with Crippen molar-refractivity contribution in [3.8, 4) is 0 Å². The zero-order valence-electron chi connectivity index (χ0n) is 16.3. The van der Waals surface area contributed by atoms with Crippen molar-refractivity contribution in [3.05, 3.63) is 58.1 Å². The number of amides is 1. The lowest BCUT2D eigenvalue weighted by Crippen LogP contribution is -3.19. The van der Waals surface area contributed by atoms with Gasteiger partial charge in [-0.15, -0.1) is 0 Å². The van der Waals surface area contributed by atoms with Crippen LogP contribution in [-0.4, -0.2) is 50.9 Å². The summed E-state index contributed by atoms with van der Waals surface area (Å²) in [6.45, 7) is 5.58. The Morgan fingerprint density at radius 2 is 1.72 bits per heavy atom. The molecule has 6 nitrogen and oxygen atoms in total. The second-order valence-electron chi connectivity index (χ2n) is 7.21. The molecule has 1 amide bonds. The molecule has 0 bridgehead atoms. The molecule has 1 heterocycles. The van der Waals surface area contributed by atoms with Crippen LogP contribution in [-0.2, 0) is 14.8 Å². The van der Waals surface area contributed by atoms with E-state index in [1.54, 1.807) is 42.5 Å². The largest absolute Gasteiger partial charge is 0.323 e. The normalized spacial score (nSPS) is 17.1. The Morgan fingerprint density at radius 1 is 1.10 bits per heavy atom. The van der Waals surface area contributed by atoms with Crippen molar-refractivity contribution in [2.75, 3.05) is 31.5 Å². The van der Waals surface area contributed by atoms with Gasteiger partial charge in [0, 0.05) is 5.02 Å². The van der Waals surface area contributed by atoms with E-state index in [1.807, 2.05) is 13.8 Å². The molecule has 1 fully saturated rings. The first kappa shape index (κ1) is 22.1. The monoisotopic (exact) mass is 456 g/mol. The molecule has 0 spiro atoms. The van der Waals surface area contributed by atoms with Crippen molar-refractivity contribution < 1.29 is 18.1 Å². The summed E-state index contributed by atoms with van der Waals surface area (Å²) in [4.78, 5) is 14.0. The van der Waals surface area contributed by atoms with Gasteiger partial charge in [-0.3, -0.25) is 4.79 Å². The van der Waals surface area contributed by atoms with Crippen LogP contribution < -0.4 is 10.2 Å². The standard InChI is InChI=1S/C20H23Cl2N3O3S/c1-14-3-6-17(7-4-14)29(27,28)25-11-9-24(10-12-25)15(2)20(26)23-19-8-5-16(21)13-18(19)22/h3-8,13,15H,9-12H2,1-2H3,(H,23,26)/p+1/t15-/m1/s1. The van der Waals surface area contributed by atoms with E-state index in [0.29, 0.717) is 46.8 Å². The number of carbonyl (C=O) groups is 1. The van der Waals surface area contributed by atoms with E-state index in [2.05, 4.69) is 5.32 Å². The first-order chi connectivity index (χ1) is 13.7. The third-order valence-electron chi connectivity index (χ3n) is 5.22. The molecule has 1 saturated heterocycles. The lowest BCUT2D eigenvalue weighted by Gasteiger charge is -2.34. The highest BCUT2D eigenvalue weighted by Crippen LogP contribution is 2.25. The van der Waals surface area contributed by atoms with E-state index in [1.165, 1.54) is 4.31 Å². The molecule has 1 aliphatic heterocycles. The fraction of sp³-hybridized carbons (Fsp3) is 0.350. The maximum Gasteiger partial charge on any atom is 0.282 e. The number of sulfonamides is 1. The number of hydrogen-bond acceptors (Lipinski definition) is 3. The topological polar surface area (TPSA) is 70.9 Å². The lowest BCUT2D eigenvalue weighted by atomic mass is 10.2. The summed E-state index contributed by atoms with van der Waals surface area (Å²) in [6.07, 6.45) is 0. The summed E-state index contributed by atoms with van der Waals surface area (Å²) < 4.78 is 27.1. The highest BCUT2D eigenvalue weighted by atomic mass is 35.5. The second-order valence-corrected chi connectivity index (χ2v) is 9.99. The van der Waals surface area contributed by atoms with Crippen molar-refractivity contribution >= 4 is 44.8 Å². The van der Waals surface area contributed by atoms with E-state index in [9.17, 15) is 13.2 Å². The van der Waals surface area contributed by atoms with Gasteiger partial charge in [0.15, 0.2) is 6.04 Å². The van der Waals surface area contributed by atoms with Gasteiger partial charge in [-0.25, -0.2) is 8.42 Å². The van der Waals surface area contributed by atoms with Gasteiger partial charge in [0.2, 0.25) is 10.0 Å². The lowest BCUT2D eigenvalue weighted by molar-refractivity contribution is -0.917. The van der Waals surface area contributed by atoms with Crippen LogP contribution >= 0.6 is 23.2 Å². The minimum absolute atomic E-state index is 0.168. The number of halogens is 2. The van der Waals surface area contributed by atoms with Crippen LogP contribution in [0.5, 0.6) is 0 Å². The Bertz CT molecular complexity index is 989. The number of anilines is 1. The maximum absolute atomic E-state index is 12.8. The third-order valence-corrected chi connectivity index (χ3v) is 7.68. The van der Waals surface area contributed by atoms with Gasteiger partial charge in [-0.2, -0.15) is 4.31 Å². The zero-order chi connectivity index (χ0) is 21.2. The van der Waals surface area contributed by atoms with Crippen LogP contribution in [0, 0.1) is 6.92 Å². The van der Waals surface area contributed by atoms with Gasteiger partial charge in [0.1, 0.15) is 0 Å². The first-order valence-electron chi connectivity index (χ1n) is 9.36. The van der Waals surface area contributed by atoms with Crippen LogP contribution in [0.3, 0.4) is 0 Å². The average molecular weight is 457 g/mol. The molecule has 0 unspecified atom stereocenters. The van der Waals surface area contributed by atoms with Crippen LogP contribution in [0.15, 0.2) is 47.4 Å². The predicted octanol–water partition coefficient (Wildman–Crippen LogP) is 2.22. The Morgan fingerprint density at radius 3 is 2.31 bits per heavy atom. The molecule has 1 atom stereocenters.